The number of rotatable bonds is 3. The van der Waals surface area contributed by atoms with Crippen molar-refractivity contribution in [2.24, 2.45) is 5.41 Å². The fraction of sp³-hybridized carbons (Fsp3) is 0.625. The van der Waals surface area contributed by atoms with E-state index >= 15 is 0 Å². The summed E-state index contributed by atoms with van der Waals surface area (Å²) in [4.78, 5) is 0. The highest BCUT2D eigenvalue weighted by molar-refractivity contribution is 5.35. The molecular weight excluding hydrogens is 206 g/mol. The fourth-order valence-corrected chi connectivity index (χ4v) is 3.30. The van der Waals surface area contributed by atoms with Crippen molar-refractivity contribution in [2.45, 2.75) is 52.5 Å². The molecule has 1 N–H and O–H groups in total. The van der Waals surface area contributed by atoms with Crippen LogP contribution in [0.4, 0.5) is 0 Å². The van der Waals surface area contributed by atoms with Crippen LogP contribution in [0.15, 0.2) is 18.2 Å². The third-order valence-corrected chi connectivity index (χ3v) is 5.11. The standard InChI is InChI=1S/C16H25N/c1-6-16(4)14(10-15(16)17-5)13-8-7-11(2)12(3)9-13/h7-9,14-15,17H,6,10H2,1-5H3. The van der Waals surface area contributed by atoms with Crippen molar-refractivity contribution in [1.82, 2.24) is 5.32 Å². The number of aryl methyl sites for hydroxylation is 2. The third kappa shape index (κ3) is 1.91. The molecule has 1 aromatic rings. The maximum atomic E-state index is 3.47. The summed E-state index contributed by atoms with van der Waals surface area (Å²) in [6.45, 7) is 9.15. The SMILES string of the molecule is CCC1(C)C(NC)CC1c1ccc(C)c(C)c1. The molecule has 0 aromatic heterocycles. The quantitative estimate of drug-likeness (QED) is 0.834. The van der Waals surface area contributed by atoms with E-state index in [0.29, 0.717) is 11.5 Å². The lowest BCUT2D eigenvalue weighted by Crippen LogP contribution is -2.55. The van der Waals surface area contributed by atoms with Gasteiger partial charge in [0.1, 0.15) is 0 Å². The molecule has 3 unspecified atom stereocenters. The molecule has 2 rings (SSSR count). The third-order valence-electron chi connectivity index (χ3n) is 5.11. The predicted molar refractivity (Wildman–Crippen MR) is 74.5 cm³/mol. The van der Waals surface area contributed by atoms with E-state index in [0.717, 1.165) is 5.92 Å². The number of nitrogens with one attached hydrogen (secondary N) is 1. The average molecular weight is 231 g/mol. The maximum absolute atomic E-state index is 3.47. The molecule has 0 radical (unpaired) electrons. The Kier molecular flexibility index (Phi) is 3.31. The summed E-state index contributed by atoms with van der Waals surface area (Å²) >= 11 is 0. The van der Waals surface area contributed by atoms with E-state index in [1.807, 2.05) is 0 Å². The summed E-state index contributed by atoms with van der Waals surface area (Å²) < 4.78 is 0. The molecule has 0 heterocycles. The minimum absolute atomic E-state index is 0.427. The molecule has 1 aliphatic rings. The van der Waals surface area contributed by atoms with Gasteiger partial charge in [0.15, 0.2) is 0 Å². The highest BCUT2D eigenvalue weighted by Gasteiger charge is 2.49. The molecule has 1 nitrogen and oxygen atoms in total. The largest absolute Gasteiger partial charge is 0.316 e. The Bertz CT molecular complexity index is 410. The fourth-order valence-electron chi connectivity index (χ4n) is 3.30. The van der Waals surface area contributed by atoms with Gasteiger partial charge in [-0.15, -0.1) is 0 Å². The lowest BCUT2D eigenvalue weighted by molar-refractivity contribution is 0.0495. The highest BCUT2D eigenvalue weighted by Crippen LogP contribution is 2.54. The summed E-state index contributed by atoms with van der Waals surface area (Å²) in [5.74, 6) is 0.726. The Balaban J connectivity index is 2.27. The monoisotopic (exact) mass is 231 g/mol. The number of benzene rings is 1. The van der Waals surface area contributed by atoms with E-state index in [1.54, 1.807) is 0 Å². The molecule has 17 heavy (non-hydrogen) atoms. The van der Waals surface area contributed by atoms with Crippen molar-refractivity contribution in [1.29, 1.82) is 0 Å². The first kappa shape index (κ1) is 12.6. The van der Waals surface area contributed by atoms with E-state index < -0.39 is 0 Å². The van der Waals surface area contributed by atoms with Crippen LogP contribution in [0.25, 0.3) is 0 Å². The molecule has 1 heteroatoms. The minimum atomic E-state index is 0.427. The van der Waals surface area contributed by atoms with Gasteiger partial charge in [0.2, 0.25) is 0 Å². The van der Waals surface area contributed by atoms with E-state index in [9.17, 15) is 0 Å². The Morgan fingerprint density at radius 2 is 2.00 bits per heavy atom. The van der Waals surface area contributed by atoms with Gasteiger partial charge >= 0.3 is 0 Å². The predicted octanol–water partition coefficient (Wildman–Crippen LogP) is 3.80. The van der Waals surface area contributed by atoms with Crippen LogP contribution in [0.2, 0.25) is 0 Å². The van der Waals surface area contributed by atoms with Crippen molar-refractivity contribution >= 4 is 0 Å². The van der Waals surface area contributed by atoms with Gasteiger partial charge in [0, 0.05) is 6.04 Å². The molecule has 1 saturated carbocycles. The molecule has 1 aliphatic carbocycles. The molecule has 1 fully saturated rings. The molecule has 1 aromatic carbocycles. The Morgan fingerprint density at radius 1 is 1.29 bits per heavy atom. The first-order chi connectivity index (χ1) is 8.02. The summed E-state index contributed by atoms with van der Waals surface area (Å²) in [5.41, 5.74) is 4.78. The highest BCUT2D eigenvalue weighted by atomic mass is 14.9. The molecule has 0 spiro atoms. The second-order valence-electron chi connectivity index (χ2n) is 5.83. The van der Waals surface area contributed by atoms with Crippen molar-refractivity contribution in [3.63, 3.8) is 0 Å². The number of hydrogen-bond donors (Lipinski definition) is 1. The minimum Gasteiger partial charge on any atom is -0.316 e. The first-order valence-corrected chi connectivity index (χ1v) is 6.77. The molecule has 0 bridgehead atoms. The van der Waals surface area contributed by atoms with Crippen LogP contribution in [0, 0.1) is 19.3 Å². The zero-order chi connectivity index (χ0) is 12.6. The topological polar surface area (TPSA) is 12.0 Å². The van der Waals surface area contributed by atoms with Crippen molar-refractivity contribution < 1.29 is 0 Å². The Labute approximate surface area is 106 Å². The summed E-state index contributed by atoms with van der Waals surface area (Å²) in [6, 6.07) is 7.67. The average Bonchev–Trinajstić information content (AvgIpc) is 2.32. The summed E-state index contributed by atoms with van der Waals surface area (Å²) in [5, 5.41) is 3.47. The van der Waals surface area contributed by atoms with E-state index in [4.69, 9.17) is 0 Å². The van der Waals surface area contributed by atoms with Gasteiger partial charge in [-0.05, 0) is 61.8 Å². The van der Waals surface area contributed by atoms with E-state index in [2.05, 4.69) is 58.3 Å². The van der Waals surface area contributed by atoms with Gasteiger partial charge in [-0.2, -0.15) is 0 Å². The van der Waals surface area contributed by atoms with Crippen molar-refractivity contribution in [3.8, 4) is 0 Å². The maximum Gasteiger partial charge on any atom is 0.0130 e. The zero-order valence-corrected chi connectivity index (χ0v) is 11.8. The van der Waals surface area contributed by atoms with Crippen LogP contribution in [0.1, 0.15) is 49.3 Å². The van der Waals surface area contributed by atoms with Gasteiger partial charge in [-0.3, -0.25) is 0 Å². The Hall–Kier alpha value is -0.820. The molecule has 0 aliphatic heterocycles. The van der Waals surface area contributed by atoms with E-state index in [1.165, 1.54) is 29.5 Å². The number of hydrogen-bond acceptors (Lipinski definition) is 1. The zero-order valence-electron chi connectivity index (χ0n) is 11.8. The normalized spacial score (nSPS) is 32.3. The van der Waals surface area contributed by atoms with E-state index in [-0.39, 0.29) is 0 Å². The smallest absolute Gasteiger partial charge is 0.0130 e. The lowest BCUT2D eigenvalue weighted by Gasteiger charge is -2.54. The van der Waals surface area contributed by atoms with Crippen LogP contribution < -0.4 is 5.32 Å². The van der Waals surface area contributed by atoms with Gasteiger partial charge in [0.25, 0.3) is 0 Å². The van der Waals surface area contributed by atoms with Gasteiger partial charge < -0.3 is 5.32 Å². The van der Waals surface area contributed by atoms with Crippen LogP contribution in [0.3, 0.4) is 0 Å². The van der Waals surface area contributed by atoms with Gasteiger partial charge in [-0.1, -0.05) is 32.0 Å². The van der Waals surface area contributed by atoms with Gasteiger partial charge in [-0.25, -0.2) is 0 Å². The van der Waals surface area contributed by atoms with Crippen LogP contribution >= 0.6 is 0 Å². The molecule has 0 saturated heterocycles. The van der Waals surface area contributed by atoms with Gasteiger partial charge in [0.05, 0.1) is 0 Å². The second-order valence-corrected chi connectivity index (χ2v) is 5.83. The van der Waals surface area contributed by atoms with Crippen molar-refractivity contribution in [2.75, 3.05) is 7.05 Å². The summed E-state index contributed by atoms with van der Waals surface area (Å²) in [7, 11) is 2.09. The second kappa shape index (κ2) is 4.45. The molecule has 94 valence electrons. The lowest BCUT2D eigenvalue weighted by atomic mass is 9.54. The summed E-state index contributed by atoms with van der Waals surface area (Å²) in [6.07, 6.45) is 2.53. The molecular formula is C16H25N. The van der Waals surface area contributed by atoms with Crippen LogP contribution in [0.5, 0.6) is 0 Å². The van der Waals surface area contributed by atoms with Crippen LogP contribution in [-0.2, 0) is 0 Å². The molecule has 0 amide bonds. The first-order valence-electron chi connectivity index (χ1n) is 6.77. The molecule has 3 atom stereocenters. The van der Waals surface area contributed by atoms with Crippen molar-refractivity contribution in [3.05, 3.63) is 34.9 Å². The Morgan fingerprint density at radius 3 is 2.53 bits per heavy atom. The van der Waals surface area contributed by atoms with Crippen LogP contribution in [-0.4, -0.2) is 13.1 Å².